The van der Waals surface area contributed by atoms with Gasteiger partial charge >= 0.3 is 0 Å². The fourth-order valence-corrected chi connectivity index (χ4v) is 3.29. The van der Waals surface area contributed by atoms with Crippen molar-refractivity contribution in [1.29, 1.82) is 0 Å². The summed E-state index contributed by atoms with van der Waals surface area (Å²) in [6, 6.07) is 4.78. The third kappa shape index (κ3) is 3.22. The van der Waals surface area contributed by atoms with E-state index < -0.39 is 10.0 Å². The number of primary sulfonamides is 1. The van der Waals surface area contributed by atoms with Crippen LogP contribution in [0.1, 0.15) is 33.1 Å². The fraction of sp³-hybridized carbons (Fsp3) is 0.538. The van der Waals surface area contributed by atoms with Gasteiger partial charge in [0, 0.05) is 6.04 Å². The van der Waals surface area contributed by atoms with E-state index in [1.165, 1.54) is 12.1 Å². The van der Waals surface area contributed by atoms with Gasteiger partial charge in [-0.05, 0) is 36.5 Å². The molecule has 0 aromatic heterocycles. The van der Waals surface area contributed by atoms with E-state index in [0.717, 1.165) is 19.3 Å². The lowest BCUT2D eigenvalue weighted by Gasteiger charge is -2.29. The molecule has 1 fully saturated rings. The Labute approximate surface area is 119 Å². The van der Waals surface area contributed by atoms with E-state index in [1.807, 2.05) is 0 Å². The Morgan fingerprint density at radius 2 is 2.11 bits per heavy atom. The maximum Gasteiger partial charge on any atom is 0.238 e. The van der Waals surface area contributed by atoms with E-state index in [0.29, 0.717) is 16.8 Å². The van der Waals surface area contributed by atoms with Crippen molar-refractivity contribution in [3.63, 3.8) is 0 Å². The van der Waals surface area contributed by atoms with Crippen molar-refractivity contribution >= 4 is 27.3 Å². The van der Waals surface area contributed by atoms with Gasteiger partial charge < -0.3 is 5.32 Å². The average molecular weight is 303 g/mol. The molecule has 0 spiro atoms. The number of hydrogen-bond donors (Lipinski definition) is 2. The Morgan fingerprint density at radius 1 is 1.42 bits per heavy atom. The van der Waals surface area contributed by atoms with E-state index in [-0.39, 0.29) is 10.3 Å². The lowest BCUT2D eigenvalue weighted by Crippen LogP contribution is -2.31. The number of anilines is 1. The van der Waals surface area contributed by atoms with Crippen LogP contribution >= 0.6 is 11.6 Å². The topological polar surface area (TPSA) is 72.2 Å². The van der Waals surface area contributed by atoms with Crippen LogP contribution in [-0.4, -0.2) is 14.5 Å². The monoisotopic (exact) mass is 302 g/mol. The summed E-state index contributed by atoms with van der Waals surface area (Å²) in [7, 11) is -3.70. The van der Waals surface area contributed by atoms with E-state index in [1.54, 1.807) is 6.07 Å². The first-order valence-electron chi connectivity index (χ1n) is 6.29. The predicted molar refractivity (Wildman–Crippen MR) is 77.9 cm³/mol. The van der Waals surface area contributed by atoms with E-state index in [2.05, 4.69) is 19.2 Å². The zero-order chi connectivity index (χ0) is 14.3. The molecule has 0 radical (unpaired) electrons. The zero-order valence-electron chi connectivity index (χ0n) is 11.1. The van der Waals surface area contributed by atoms with Gasteiger partial charge in [0.1, 0.15) is 0 Å². The van der Waals surface area contributed by atoms with Crippen LogP contribution < -0.4 is 10.5 Å². The quantitative estimate of drug-likeness (QED) is 0.901. The van der Waals surface area contributed by atoms with Crippen molar-refractivity contribution in [3.05, 3.63) is 23.2 Å². The van der Waals surface area contributed by atoms with Crippen molar-refractivity contribution in [1.82, 2.24) is 0 Å². The van der Waals surface area contributed by atoms with Gasteiger partial charge in [-0.2, -0.15) is 0 Å². The van der Waals surface area contributed by atoms with Crippen LogP contribution in [0.15, 0.2) is 23.1 Å². The van der Waals surface area contributed by atoms with Gasteiger partial charge in [-0.3, -0.25) is 0 Å². The molecule has 1 unspecified atom stereocenters. The molecule has 0 aliphatic heterocycles. The summed E-state index contributed by atoms with van der Waals surface area (Å²) < 4.78 is 22.7. The molecular formula is C13H19ClN2O2S. The summed E-state index contributed by atoms with van der Waals surface area (Å²) in [4.78, 5) is 0.0789. The number of nitrogens with two attached hydrogens (primary N) is 1. The van der Waals surface area contributed by atoms with E-state index >= 15 is 0 Å². The highest BCUT2D eigenvalue weighted by Crippen LogP contribution is 2.40. The maximum absolute atomic E-state index is 11.4. The summed E-state index contributed by atoms with van der Waals surface area (Å²) in [5.41, 5.74) is 0.814. The van der Waals surface area contributed by atoms with E-state index in [9.17, 15) is 8.42 Å². The number of hydrogen-bond acceptors (Lipinski definition) is 3. The first kappa shape index (κ1) is 14.6. The molecule has 0 heterocycles. The molecule has 1 aliphatic carbocycles. The average Bonchev–Trinajstić information content (AvgIpc) is 2.60. The van der Waals surface area contributed by atoms with Crippen LogP contribution in [-0.2, 0) is 10.0 Å². The first-order valence-corrected chi connectivity index (χ1v) is 8.21. The molecular weight excluding hydrogens is 284 g/mol. The van der Waals surface area contributed by atoms with Crippen LogP contribution in [0.2, 0.25) is 5.02 Å². The number of nitrogens with one attached hydrogen (secondary N) is 1. The summed E-state index contributed by atoms with van der Waals surface area (Å²) in [5, 5.41) is 9.01. The van der Waals surface area contributed by atoms with Crippen LogP contribution in [0.5, 0.6) is 0 Å². The van der Waals surface area contributed by atoms with Crippen LogP contribution in [0.25, 0.3) is 0 Å². The molecule has 4 nitrogen and oxygen atoms in total. The number of sulfonamides is 1. The largest absolute Gasteiger partial charge is 0.381 e. The second kappa shape index (κ2) is 4.96. The molecule has 19 heavy (non-hydrogen) atoms. The molecule has 3 N–H and O–H groups in total. The van der Waals surface area contributed by atoms with Gasteiger partial charge in [-0.1, -0.05) is 31.9 Å². The maximum atomic E-state index is 11.4. The minimum Gasteiger partial charge on any atom is -0.381 e. The Hall–Kier alpha value is -0.780. The second-order valence-electron chi connectivity index (χ2n) is 5.76. The first-order chi connectivity index (χ1) is 8.70. The van der Waals surface area contributed by atoms with Gasteiger partial charge in [-0.25, -0.2) is 13.6 Å². The van der Waals surface area contributed by atoms with Crippen molar-refractivity contribution in [2.45, 2.75) is 44.0 Å². The van der Waals surface area contributed by atoms with Gasteiger partial charge in [0.15, 0.2) is 0 Å². The SMILES string of the molecule is CC1(C)CCCC1Nc1cc(S(N)(=O)=O)ccc1Cl. The molecule has 1 aromatic rings. The number of halogens is 1. The molecule has 2 rings (SSSR count). The van der Waals surface area contributed by atoms with Crippen molar-refractivity contribution in [3.8, 4) is 0 Å². The van der Waals surface area contributed by atoms with Crippen molar-refractivity contribution in [2.75, 3.05) is 5.32 Å². The Kier molecular flexibility index (Phi) is 3.82. The van der Waals surface area contributed by atoms with Crippen molar-refractivity contribution < 1.29 is 8.42 Å². The summed E-state index contributed by atoms with van der Waals surface area (Å²) >= 11 is 6.12. The number of rotatable bonds is 3. The van der Waals surface area contributed by atoms with Crippen LogP contribution in [0, 0.1) is 5.41 Å². The third-order valence-corrected chi connectivity index (χ3v) is 5.09. The van der Waals surface area contributed by atoms with Gasteiger partial charge in [0.2, 0.25) is 10.0 Å². The molecule has 6 heteroatoms. The molecule has 1 saturated carbocycles. The molecule has 1 atom stereocenters. The zero-order valence-corrected chi connectivity index (χ0v) is 12.7. The molecule has 1 aliphatic rings. The highest BCUT2D eigenvalue weighted by Gasteiger charge is 2.34. The fourth-order valence-electron chi connectivity index (χ4n) is 2.57. The normalized spacial score (nSPS) is 22.4. The Bertz CT molecular complexity index is 584. The second-order valence-corrected chi connectivity index (χ2v) is 7.73. The lowest BCUT2D eigenvalue weighted by molar-refractivity contribution is 0.350. The predicted octanol–water partition coefficient (Wildman–Crippen LogP) is 2.98. The third-order valence-electron chi connectivity index (χ3n) is 3.85. The van der Waals surface area contributed by atoms with Crippen molar-refractivity contribution in [2.24, 2.45) is 10.6 Å². The van der Waals surface area contributed by atoms with Gasteiger partial charge in [-0.15, -0.1) is 0 Å². The Morgan fingerprint density at radius 3 is 2.63 bits per heavy atom. The minimum atomic E-state index is -3.70. The van der Waals surface area contributed by atoms with Gasteiger partial charge in [0.05, 0.1) is 15.6 Å². The van der Waals surface area contributed by atoms with Crippen LogP contribution in [0.3, 0.4) is 0 Å². The summed E-state index contributed by atoms with van der Waals surface area (Å²) in [6.07, 6.45) is 3.37. The van der Waals surface area contributed by atoms with Gasteiger partial charge in [0.25, 0.3) is 0 Å². The summed E-state index contributed by atoms with van der Waals surface area (Å²) in [5.74, 6) is 0. The highest BCUT2D eigenvalue weighted by molar-refractivity contribution is 7.89. The minimum absolute atomic E-state index is 0.0789. The molecule has 0 saturated heterocycles. The molecule has 0 amide bonds. The lowest BCUT2D eigenvalue weighted by atomic mass is 9.87. The standard InChI is InChI=1S/C13H19ClN2O2S/c1-13(2)7-3-4-12(13)16-11-8-9(19(15,17)18)5-6-10(11)14/h5-6,8,12,16H,3-4,7H2,1-2H3,(H2,15,17,18). The molecule has 106 valence electrons. The smallest absolute Gasteiger partial charge is 0.238 e. The summed E-state index contributed by atoms with van der Waals surface area (Å²) in [6.45, 7) is 4.41. The van der Waals surface area contributed by atoms with Crippen LogP contribution in [0.4, 0.5) is 5.69 Å². The number of benzene rings is 1. The van der Waals surface area contributed by atoms with E-state index in [4.69, 9.17) is 16.7 Å². The molecule has 1 aromatic carbocycles. The molecule has 0 bridgehead atoms. The highest BCUT2D eigenvalue weighted by atomic mass is 35.5. The Balaban J connectivity index is 2.30.